The van der Waals surface area contributed by atoms with E-state index in [1.165, 1.54) is 6.07 Å². The second-order valence-electron chi connectivity index (χ2n) is 4.63. The molecule has 0 radical (unpaired) electrons. The van der Waals surface area contributed by atoms with Crippen molar-refractivity contribution in [1.82, 2.24) is 15.5 Å². The molecule has 1 heterocycles. The predicted octanol–water partition coefficient (Wildman–Crippen LogP) is 1.74. The van der Waals surface area contributed by atoms with Crippen LogP contribution >= 0.6 is 0 Å². The van der Waals surface area contributed by atoms with Gasteiger partial charge in [0.25, 0.3) is 5.69 Å². The molecular formula is C13H17N5O3. The summed E-state index contributed by atoms with van der Waals surface area (Å²) >= 11 is 0. The second kappa shape index (κ2) is 6.80. The first-order valence-corrected chi connectivity index (χ1v) is 6.56. The second-order valence-corrected chi connectivity index (χ2v) is 4.63. The number of anilines is 1. The Hall–Kier alpha value is -2.48. The lowest BCUT2D eigenvalue weighted by Gasteiger charge is -2.05. The van der Waals surface area contributed by atoms with Gasteiger partial charge in [0, 0.05) is 18.5 Å². The number of nitro groups is 1. The summed E-state index contributed by atoms with van der Waals surface area (Å²) in [6, 6.07) is 6.67. The fourth-order valence-corrected chi connectivity index (χ4v) is 1.77. The van der Waals surface area contributed by atoms with E-state index in [2.05, 4.69) is 20.8 Å². The Bertz CT molecular complexity index is 613. The van der Waals surface area contributed by atoms with Gasteiger partial charge in [0.15, 0.2) is 5.82 Å². The SMILES string of the molecule is CNC(C)Cc1noc(CNc2ccccc2[N+](=O)[O-])n1. The van der Waals surface area contributed by atoms with E-state index in [9.17, 15) is 10.1 Å². The summed E-state index contributed by atoms with van der Waals surface area (Å²) in [6.07, 6.45) is 0.658. The van der Waals surface area contributed by atoms with Gasteiger partial charge in [-0.1, -0.05) is 17.3 Å². The van der Waals surface area contributed by atoms with Crippen molar-refractivity contribution in [3.05, 3.63) is 46.1 Å². The third kappa shape index (κ3) is 3.99. The maximum Gasteiger partial charge on any atom is 0.292 e. The standard InChI is InChI=1S/C13H17N5O3/c1-9(14-2)7-12-16-13(21-17-12)8-15-10-5-3-4-6-11(10)18(19)20/h3-6,9,14-15H,7-8H2,1-2H3. The van der Waals surface area contributed by atoms with Gasteiger partial charge in [-0.05, 0) is 20.0 Å². The molecular weight excluding hydrogens is 274 g/mol. The van der Waals surface area contributed by atoms with E-state index >= 15 is 0 Å². The van der Waals surface area contributed by atoms with E-state index in [-0.39, 0.29) is 18.3 Å². The zero-order valence-corrected chi connectivity index (χ0v) is 11.9. The molecule has 2 rings (SSSR count). The lowest BCUT2D eigenvalue weighted by Crippen LogP contribution is -2.24. The highest BCUT2D eigenvalue weighted by Crippen LogP contribution is 2.23. The zero-order chi connectivity index (χ0) is 15.2. The fourth-order valence-electron chi connectivity index (χ4n) is 1.77. The average molecular weight is 291 g/mol. The molecule has 8 heteroatoms. The van der Waals surface area contributed by atoms with Crippen LogP contribution in [0.5, 0.6) is 0 Å². The van der Waals surface area contributed by atoms with Gasteiger partial charge in [-0.25, -0.2) is 0 Å². The number of nitrogens with zero attached hydrogens (tertiary/aromatic N) is 3. The van der Waals surface area contributed by atoms with Gasteiger partial charge < -0.3 is 15.2 Å². The van der Waals surface area contributed by atoms with Crippen LogP contribution in [0.15, 0.2) is 28.8 Å². The summed E-state index contributed by atoms with van der Waals surface area (Å²) in [7, 11) is 1.86. The number of hydrogen-bond acceptors (Lipinski definition) is 7. The number of rotatable bonds is 7. The Kier molecular flexibility index (Phi) is 4.83. The molecule has 1 atom stereocenters. The van der Waals surface area contributed by atoms with Crippen LogP contribution in [0, 0.1) is 10.1 Å². The summed E-state index contributed by atoms with van der Waals surface area (Å²) in [5.41, 5.74) is 0.437. The topological polar surface area (TPSA) is 106 Å². The molecule has 0 saturated carbocycles. The molecule has 0 saturated heterocycles. The first-order valence-electron chi connectivity index (χ1n) is 6.56. The van der Waals surface area contributed by atoms with E-state index in [1.807, 2.05) is 14.0 Å². The van der Waals surface area contributed by atoms with Crippen LogP contribution in [0.4, 0.5) is 11.4 Å². The van der Waals surface area contributed by atoms with Crippen LogP contribution in [0.25, 0.3) is 0 Å². The van der Waals surface area contributed by atoms with Crippen molar-refractivity contribution >= 4 is 11.4 Å². The van der Waals surface area contributed by atoms with E-state index in [0.29, 0.717) is 23.8 Å². The van der Waals surface area contributed by atoms with Crippen LogP contribution < -0.4 is 10.6 Å². The van der Waals surface area contributed by atoms with E-state index in [1.54, 1.807) is 18.2 Å². The van der Waals surface area contributed by atoms with Gasteiger partial charge >= 0.3 is 0 Å². The molecule has 8 nitrogen and oxygen atoms in total. The molecule has 0 aliphatic rings. The Morgan fingerprint density at radius 1 is 1.43 bits per heavy atom. The highest BCUT2D eigenvalue weighted by Gasteiger charge is 2.14. The average Bonchev–Trinajstić information content (AvgIpc) is 2.92. The van der Waals surface area contributed by atoms with E-state index in [4.69, 9.17) is 4.52 Å². The number of hydrogen-bond donors (Lipinski definition) is 2. The summed E-state index contributed by atoms with van der Waals surface area (Å²) in [5, 5.41) is 20.8. The molecule has 0 amide bonds. The summed E-state index contributed by atoms with van der Waals surface area (Å²) < 4.78 is 5.11. The Morgan fingerprint density at radius 3 is 2.90 bits per heavy atom. The van der Waals surface area contributed by atoms with Crippen molar-refractivity contribution in [3.63, 3.8) is 0 Å². The summed E-state index contributed by atoms with van der Waals surface area (Å²) in [5.74, 6) is 1.00. The lowest BCUT2D eigenvalue weighted by molar-refractivity contribution is -0.384. The molecule has 1 aromatic heterocycles. The van der Waals surface area contributed by atoms with Crippen LogP contribution in [0.3, 0.4) is 0 Å². The maximum atomic E-state index is 10.9. The van der Waals surface area contributed by atoms with Crippen LogP contribution in [0.1, 0.15) is 18.6 Å². The largest absolute Gasteiger partial charge is 0.371 e. The van der Waals surface area contributed by atoms with Gasteiger partial charge in [0.1, 0.15) is 5.69 Å². The monoisotopic (exact) mass is 291 g/mol. The molecule has 21 heavy (non-hydrogen) atoms. The molecule has 1 aromatic carbocycles. The fraction of sp³-hybridized carbons (Fsp3) is 0.385. The number of nitro benzene ring substituents is 1. The molecule has 1 unspecified atom stereocenters. The highest BCUT2D eigenvalue weighted by atomic mass is 16.6. The van der Waals surface area contributed by atoms with Gasteiger partial charge in [-0.2, -0.15) is 4.98 Å². The molecule has 2 aromatic rings. The van der Waals surface area contributed by atoms with Gasteiger partial charge in [0.05, 0.1) is 11.5 Å². The molecule has 0 aliphatic carbocycles. The number of nitrogens with one attached hydrogen (secondary N) is 2. The van der Waals surface area contributed by atoms with E-state index in [0.717, 1.165) is 0 Å². The highest BCUT2D eigenvalue weighted by molar-refractivity contribution is 5.60. The van der Waals surface area contributed by atoms with Gasteiger partial charge in [-0.3, -0.25) is 10.1 Å². The first kappa shape index (κ1) is 14.9. The zero-order valence-electron chi connectivity index (χ0n) is 11.9. The predicted molar refractivity (Wildman–Crippen MR) is 76.9 cm³/mol. The van der Waals surface area contributed by atoms with Crippen LogP contribution in [-0.4, -0.2) is 28.2 Å². The Balaban J connectivity index is 1.99. The minimum absolute atomic E-state index is 0.0149. The van der Waals surface area contributed by atoms with Crippen molar-refractivity contribution in [2.75, 3.05) is 12.4 Å². The minimum Gasteiger partial charge on any atom is -0.371 e. The Morgan fingerprint density at radius 2 is 2.19 bits per heavy atom. The van der Waals surface area contributed by atoms with Crippen LogP contribution in [-0.2, 0) is 13.0 Å². The van der Waals surface area contributed by atoms with E-state index < -0.39 is 4.92 Å². The quantitative estimate of drug-likeness (QED) is 0.591. The van der Waals surface area contributed by atoms with Gasteiger partial charge in [0.2, 0.25) is 5.89 Å². The number of aromatic nitrogens is 2. The van der Waals surface area contributed by atoms with Crippen molar-refractivity contribution in [1.29, 1.82) is 0 Å². The minimum atomic E-state index is -0.434. The van der Waals surface area contributed by atoms with Crippen molar-refractivity contribution in [2.45, 2.75) is 25.9 Å². The van der Waals surface area contributed by atoms with Crippen LogP contribution in [0.2, 0.25) is 0 Å². The molecule has 0 bridgehead atoms. The Labute approximate surface area is 121 Å². The summed E-state index contributed by atoms with van der Waals surface area (Å²) in [4.78, 5) is 14.7. The molecule has 2 N–H and O–H groups in total. The maximum absolute atomic E-state index is 10.9. The lowest BCUT2D eigenvalue weighted by atomic mass is 10.2. The first-order chi connectivity index (χ1) is 10.1. The third-order valence-corrected chi connectivity index (χ3v) is 3.02. The smallest absolute Gasteiger partial charge is 0.292 e. The molecule has 0 spiro atoms. The van der Waals surface area contributed by atoms with Crippen molar-refractivity contribution < 1.29 is 9.45 Å². The molecule has 0 fully saturated rings. The molecule has 0 aliphatic heterocycles. The molecule has 112 valence electrons. The van der Waals surface area contributed by atoms with Crippen molar-refractivity contribution in [3.8, 4) is 0 Å². The van der Waals surface area contributed by atoms with Gasteiger partial charge in [-0.15, -0.1) is 0 Å². The van der Waals surface area contributed by atoms with Crippen molar-refractivity contribution in [2.24, 2.45) is 0 Å². The number of benzene rings is 1. The normalized spacial score (nSPS) is 12.1. The summed E-state index contributed by atoms with van der Waals surface area (Å²) in [6.45, 7) is 2.26. The number of likely N-dealkylation sites (N-methyl/N-ethyl adjacent to an activating group) is 1. The third-order valence-electron chi connectivity index (χ3n) is 3.02. The number of para-hydroxylation sites is 2.